The van der Waals surface area contributed by atoms with Crippen molar-refractivity contribution in [3.63, 3.8) is 0 Å². The van der Waals surface area contributed by atoms with E-state index in [1.54, 1.807) is 6.20 Å². The Bertz CT molecular complexity index is 1050. The molecule has 2 aromatic carbocycles. The molecule has 0 spiro atoms. The van der Waals surface area contributed by atoms with E-state index in [0.29, 0.717) is 24.5 Å². The Morgan fingerprint density at radius 1 is 1.14 bits per heavy atom. The van der Waals surface area contributed by atoms with E-state index < -0.39 is 11.6 Å². The average molecular weight is 412 g/mol. The molecule has 2 aliphatic rings. The summed E-state index contributed by atoms with van der Waals surface area (Å²) < 4.78 is 27.1. The fraction of sp³-hybridized carbons (Fsp3) is 0.238. The topological polar surface area (TPSA) is 57.3 Å². The fourth-order valence-electron chi connectivity index (χ4n) is 4.12. The van der Waals surface area contributed by atoms with Crippen LogP contribution in [0.4, 0.5) is 25.0 Å². The van der Waals surface area contributed by atoms with Crippen LogP contribution in [-0.4, -0.2) is 30.1 Å². The Hall–Kier alpha value is -3.00. The zero-order valence-electron chi connectivity index (χ0n) is 15.3. The average Bonchev–Trinajstić information content (AvgIpc) is 3.13. The third-order valence-electron chi connectivity index (χ3n) is 5.58. The largest absolute Gasteiger partial charge is 0.368 e. The van der Waals surface area contributed by atoms with Gasteiger partial charge in [-0.25, -0.2) is 18.6 Å². The first-order valence-electron chi connectivity index (χ1n) is 9.36. The van der Waals surface area contributed by atoms with E-state index in [9.17, 15) is 13.6 Å². The molecule has 1 aliphatic heterocycles. The third kappa shape index (κ3) is 3.44. The number of thiazole rings is 1. The zero-order valence-corrected chi connectivity index (χ0v) is 16.1. The number of nitrogens with zero attached hydrogens (tertiary/aromatic N) is 2. The molecule has 1 saturated carbocycles. The lowest BCUT2D eigenvalue weighted by molar-refractivity contribution is 0.250. The van der Waals surface area contributed by atoms with Crippen LogP contribution in [0.1, 0.15) is 0 Å². The Kier molecular flexibility index (Phi) is 4.43. The molecule has 2 unspecified atom stereocenters. The quantitative estimate of drug-likeness (QED) is 0.670. The van der Waals surface area contributed by atoms with E-state index >= 15 is 0 Å². The Labute approximate surface area is 170 Å². The van der Waals surface area contributed by atoms with Crippen LogP contribution in [0, 0.1) is 23.5 Å². The monoisotopic (exact) mass is 412 g/mol. The first-order valence-corrected chi connectivity index (χ1v) is 10.2. The maximum atomic E-state index is 14.0. The molecule has 3 aromatic rings. The Morgan fingerprint density at radius 2 is 1.93 bits per heavy atom. The molecule has 2 fully saturated rings. The van der Waals surface area contributed by atoms with Gasteiger partial charge in [0.05, 0.1) is 11.4 Å². The summed E-state index contributed by atoms with van der Waals surface area (Å²) in [6.45, 7) is 1.29. The van der Waals surface area contributed by atoms with E-state index in [1.165, 1.54) is 23.5 Å². The van der Waals surface area contributed by atoms with Gasteiger partial charge in [-0.05, 0) is 24.3 Å². The second kappa shape index (κ2) is 7.11. The van der Waals surface area contributed by atoms with Crippen LogP contribution in [-0.2, 0) is 0 Å². The van der Waals surface area contributed by atoms with Gasteiger partial charge >= 0.3 is 6.03 Å². The highest BCUT2D eigenvalue weighted by molar-refractivity contribution is 7.13. The molecule has 5 rings (SSSR count). The lowest BCUT2D eigenvalue weighted by atomic mass is 10.2. The number of fused-ring (bicyclic) bond motifs is 1. The SMILES string of the molecule is O=C(Nc1ccccc1-c1nccs1)NC1C2CN(c3ccc(F)cc3F)CC21. The number of halogens is 2. The normalized spacial score (nSPS) is 22.3. The number of hydrogen-bond donors (Lipinski definition) is 2. The number of carbonyl (C=O) groups excluding carboxylic acids is 1. The number of amides is 2. The highest BCUT2D eigenvalue weighted by atomic mass is 32.1. The maximum Gasteiger partial charge on any atom is 0.319 e. The van der Waals surface area contributed by atoms with Crippen molar-refractivity contribution in [3.8, 4) is 10.6 Å². The van der Waals surface area contributed by atoms with Gasteiger partial charge in [-0.3, -0.25) is 0 Å². The first-order chi connectivity index (χ1) is 14.1. The summed E-state index contributed by atoms with van der Waals surface area (Å²) in [7, 11) is 0. The van der Waals surface area contributed by atoms with Crippen molar-refractivity contribution in [2.24, 2.45) is 11.8 Å². The Balaban J connectivity index is 1.20. The smallest absolute Gasteiger partial charge is 0.319 e. The van der Waals surface area contributed by atoms with Crippen LogP contribution in [0.15, 0.2) is 54.0 Å². The van der Waals surface area contributed by atoms with Crippen molar-refractivity contribution in [3.05, 3.63) is 65.7 Å². The van der Waals surface area contributed by atoms with Crippen molar-refractivity contribution < 1.29 is 13.6 Å². The molecule has 1 saturated heterocycles. The van der Waals surface area contributed by atoms with Crippen LogP contribution in [0.5, 0.6) is 0 Å². The van der Waals surface area contributed by atoms with Gasteiger partial charge in [-0.15, -0.1) is 11.3 Å². The van der Waals surface area contributed by atoms with Gasteiger partial charge < -0.3 is 15.5 Å². The minimum atomic E-state index is -0.579. The number of rotatable bonds is 4. The van der Waals surface area contributed by atoms with E-state index in [-0.39, 0.29) is 23.9 Å². The second-order valence-electron chi connectivity index (χ2n) is 7.34. The number of benzene rings is 2. The number of carbonyl (C=O) groups is 1. The van der Waals surface area contributed by atoms with Crippen molar-refractivity contribution in [1.82, 2.24) is 10.3 Å². The molecular weight excluding hydrogens is 394 g/mol. The van der Waals surface area contributed by atoms with Crippen LogP contribution in [0.2, 0.25) is 0 Å². The molecule has 2 amide bonds. The maximum absolute atomic E-state index is 14.0. The summed E-state index contributed by atoms with van der Waals surface area (Å²) in [6.07, 6.45) is 1.73. The molecule has 8 heteroatoms. The number of nitrogens with one attached hydrogen (secondary N) is 2. The van der Waals surface area contributed by atoms with Crippen LogP contribution >= 0.6 is 11.3 Å². The molecule has 0 radical (unpaired) electrons. The highest BCUT2D eigenvalue weighted by Crippen LogP contribution is 2.47. The summed E-state index contributed by atoms with van der Waals surface area (Å²) in [6, 6.07) is 11.0. The summed E-state index contributed by atoms with van der Waals surface area (Å²) in [5.74, 6) is -0.573. The van der Waals surface area contributed by atoms with E-state index in [1.807, 2.05) is 34.5 Å². The first kappa shape index (κ1) is 18.1. The molecule has 1 aliphatic carbocycles. The van der Waals surface area contributed by atoms with Crippen molar-refractivity contribution in [2.75, 3.05) is 23.3 Å². The molecule has 2 atom stereocenters. The van der Waals surface area contributed by atoms with Gasteiger partial charge in [-0.2, -0.15) is 0 Å². The van der Waals surface area contributed by atoms with E-state index in [4.69, 9.17) is 0 Å². The predicted molar refractivity (Wildman–Crippen MR) is 109 cm³/mol. The van der Waals surface area contributed by atoms with Crippen molar-refractivity contribution in [2.45, 2.75) is 6.04 Å². The molecule has 0 bridgehead atoms. The van der Waals surface area contributed by atoms with Gasteiger partial charge in [0.2, 0.25) is 0 Å². The van der Waals surface area contributed by atoms with E-state index in [0.717, 1.165) is 16.6 Å². The number of aromatic nitrogens is 1. The summed E-state index contributed by atoms with van der Waals surface area (Å²) in [5.41, 5.74) is 2.01. The van der Waals surface area contributed by atoms with Gasteiger partial charge in [0, 0.05) is 54.2 Å². The van der Waals surface area contributed by atoms with Crippen LogP contribution in [0.25, 0.3) is 10.6 Å². The van der Waals surface area contributed by atoms with Crippen molar-refractivity contribution >= 4 is 28.7 Å². The Morgan fingerprint density at radius 3 is 2.66 bits per heavy atom. The standard InChI is InChI=1S/C21H18F2N4OS/c22-12-5-6-18(16(23)9-12)27-10-14-15(11-27)19(14)26-21(28)25-17-4-2-1-3-13(17)20-24-7-8-29-20/h1-9,14-15,19H,10-11H2,(H2,25,26,28). The summed E-state index contributed by atoms with van der Waals surface area (Å²) in [4.78, 5) is 18.7. The van der Waals surface area contributed by atoms with Crippen LogP contribution < -0.4 is 15.5 Å². The fourth-order valence-corrected chi connectivity index (χ4v) is 4.80. The number of para-hydroxylation sites is 1. The van der Waals surface area contributed by atoms with Gasteiger partial charge in [0.25, 0.3) is 0 Å². The van der Waals surface area contributed by atoms with Gasteiger partial charge in [-0.1, -0.05) is 12.1 Å². The highest BCUT2D eigenvalue weighted by Gasteiger charge is 2.56. The number of hydrogen-bond acceptors (Lipinski definition) is 4. The molecule has 2 heterocycles. The summed E-state index contributed by atoms with van der Waals surface area (Å²) in [5, 5.41) is 8.69. The lowest BCUT2D eigenvalue weighted by Crippen LogP contribution is -2.37. The molecule has 29 heavy (non-hydrogen) atoms. The summed E-state index contributed by atoms with van der Waals surface area (Å²) >= 11 is 1.51. The van der Waals surface area contributed by atoms with Crippen molar-refractivity contribution in [1.29, 1.82) is 0 Å². The zero-order chi connectivity index (χ0) is 20.0. The number of anilines is 2. The number of urea groups is 1. The van der Waals surface area contributed by atoms with Gasteiger partial charge in [0.15, 0.2) is 0 Å². The molecule has 5 nitrogen and oxygen atoms in total. The number of piperidine rings is 1. The minimum absolute atomic E-state index is 0.0711. The van der Waals surface area contributed by atoms with Crippen LogP contribution in [0.3, 0.4) is 0 Å². The van der Waals surface area contributed by atoms with Gasteiger partial charge in [0.1, 0.15) is 16.6 Å². The minimum Gasteiger partial charge on any atom is -0.368 e. The molecule has 2 N–H and O–H groups in total. The molecule has 1 aromatic heterocycles. The third-order valence-corrected chi connectivity index (χ3v) is 6.39. The second-order valence-corrected chi connectivity index (χ2v) is 8.23. The molecular formula is C21H18F2N4OS. The molecule has 148 valence electrons. The van der Waals surface area contributed by atoms with E-state index in [2.05, 4.69) is 15.6 Å². The predicted octanol–water partition coefficient (Wildman–Crippen LogP) is 4.34. The lowest BCUT2D eigenvalue weighted by Gasteiger charge is -2.23.